The van der Waals surface area contributed by atoms with Crippen LogP contribution in [0.5, 0.6) is 0 Å². The van der Waals surface area contributed by atoms with E-state index in [1.54, 1.807) is 5.57 Å². The van der Waals surface area contributed by atoms with Crippen molar-refractivity contribution in [2.24, 2.45) is 17.8 Å². The van der Waals surface area contributed by atoms with E-state index in [0.29, 0.717) is 0 Å². The zero-order valence-electron chi connectivity index (χ0n) is 8.09. The summed E-state index contributed by atoms with van der Waals surface area (Å²) in [7, 11) is 0. The average molecular weight is 162 g/mol. The van der Waals surface area contributed by atoms with Crippen LogP contribution in [0.15, 0.2) is 23.8 Å². The first-order chi connectivity index (χ1) is 5.83. The quantitative estimate of drug-likeness (QED) is 0.553. The summed E-state index contributed by atoms with van der Waals surface area (Å²) in [5, 5.41) is 0. The van der Waals surface area contributed by atoms with Crippen molar-refractivity contribution in [2.75, 3.05) is 0 Å². The Kier molecular flexibility index (Phi) is 2.08. The van der Waals surface area contributed by atoms with Gasteiger partial charge in [-0.25, -0.2) is 0 Å². The Hall–Kier alpha value is -0.520. The lowest BCUT2D eigenvalue weighted by atomic mass is 9.73. The Labute approximate surface area is 75.4 Å². The molecular weight excluding hydrogens is 144 g/mol. The van der Waals surface area contributed by atoms with E-state index in [4.69, 9.17) is 0 Å². The Morgan fingerprint density at radius 2 is 2.33 bits per heavy atom. The van der Waals surface area contributed by atoms with Gasteiger partial charge < -0.3 is 0 Å². The smallest absolute Gasteiger partial charge is 0.0129 e. The Morgan fingerprint density at radius 1 is 1.50 bits per heavy atom. The third-order valence-corrected chi connectivity index (χ3v) is 3.54. The normalized spacial score (nSPS) is 39.5. The van der Waals surface area contributed by atoms with Gasteiger partial charge in [-0.2, -0.15) is 0 Å². The molecule has 0 amide bonds. The Morgan fingerprint density at radius 3 is 3.08 bits per heavy atom. The molecule has 0 heterocycles. The van der Waals surface area contributed by atoms with Crippen LogP contribution in [0.3, 0.4) is 0 Å². The molecular formula is C12H18. The molecule has 66 valence electrons. The maximum atomic E-state index is 2.43. The summed E-state index contributed by atoms with van der Waals surface area (Å²) in [4.78, 5) is 0. The van der Waals surface area contributed by atoms with Crippen molar-refractivity contribution >= 4 is 0 Å². The molecule has 0 saturated carbocycles. The van der Waals surface area contributed by atoms with Crippen LogP contribution in [0.1, 0.15) is 33.1 Å². The van der Waals surface area contributed by atoms with Gasteiger partial charge in [0.1, 0.15) is 0 Å². The molecule has 0 bridgehead atoms. The second-order valence-electron chi connectivity index (χ2n) is 4.18. The molecule has 2 aliphatic carbocycles. The van der Waals surface area contributed by atoms with Gasteiger partial charge in [0.15, 0.2) is 0 Å². The molecule has 2 aliphatic rings. The second-order valence-corrected chi connectivity index (χ2v) is 4.18. The summed E-state index contributed by atoms with van der Waals surface area (Å²) in [6.07, 6.45) is 11.2. The molecule has 0 aromatic carbocycles. The lowest BCUT2D eigenvalue weighted by molar-refractivity contribution is 0.291. The van der Waals surface area contributed by atoms with Gasteiger partial charge in [0.2, 0.25) is 0 Å². The van der Waals surface area contributed by atoms with E-state index < -0.39 is 0 Å². The molecule has 0 aromatic heterocycles. The lowest BCUT2D eigenvalue weighted by Crippen LogP contribution is -2.22. The first-order valence-corrected chi connectivity index (χ1v) is 5.21. The summed E-state index contributed by atoms with van der Waals surface area (Å²) >= 11 is 0. The molecule has 0 heteroatoms. The van der Waals surface area contributed by atoms with Gasteiger partial charge in [0, 0.05) is 0 Å². The van der Waals surface area contributed by atoms with Crippen molar-refractivity contribution < 1.29 is 0 Å². The second kappa shape index (κ2) is 3.08. The summed E-state index contributed by atoms with van der Waals surface area (Å²) in [6, 6.07) is 0. The summed E-state index contributed by atoms with van der Waals surface area (Å²) in [5.74, 6) is 2.62. The van der Waals surface area contributed by atoms with Crippen molar-refractivity contribution in [1.82, 2.24) is 0 Å². The van der Waals surface area contributed by atoms with E-state index in [2.05, 4.69) is 32.1 Å². The maximum absolute atomic E-state index is 2.43. The molecule has 2 rings (SSSR count). The van der Waals surface area contributed by atoms with E-state index in [0.717, 1.165) is 17.8 Å². The molecule has 0 aliphatic heterocycles. The Balaban J connectivity index is 2.24. The summed E-state index contributed by atoms with van der Waals surface area (Å²) in [5.41, 5.74) is 1.62. The number of fused-ring (bicyclic) bond motifs is 1. The number of allylic oxidation sites excluding steroid dienone is 4. The third kappa shape index (κ3) is 1.14. The first-order valence-electron chi connectivity index (χ1n) is 5.21. The number of rotatable bonds is 1. The van der Waals surface area contributed by atoms with Crippen LogP contribution in [0.2, 0.25) is 0 Å². The van der Waals surface area contributed by atoms with Crippen molar-refractivity contribution in [3.8, 4) is 0 Å². The highest BCUT2D eigenvalue weighted by Gasteiger charge is 2.31. The number of hydrogen-bond donors (Lipinski definition) is 0. The van der Waals surface area contributed by atoms with Gasteiger partial charge in [-0.1, -0.05) is 38.5 Å². The minimum Gasteiger partial charge on any atom is -0.0811 e. The first kappa shape index (κ1) is 8.10. The summed E-state index contributed by atoms with van der Waals surface area (Å²) < 4.78 is 0. The topological polar surface area (TPSA) is 0 Å². The molecule has 0 nitrogen and oxygen atoms in total. The average Bonchev–Trinajstić information content (AvgIpc) is 2.52. The van der Waals surface area contributed by atoms with Gasteiger partial charge >= 0.3 is 0 Å². The Bertz CT molecular complexity index is 222. The number of hydrogen-bond acceptors (Lipinski definition) is 0. The largest absolute Gasteiger partial charge is 0.0811 e. The maximum Gasteiger partial charge on any atom is -0.0129 e. The van der Waals surface area contributed by atoms with Gasteiger partial charge in [-0.05, 0) is 36.2 Å². The molecule has 3 unspecified atom stereocenters. The van der Waals surface area contributed by atoms with Crippen molar-refractivity contribution in [1.29, 1.82) is 0 Å². The monoisotopic (exact) mass is 162 g/mol. The molecule has 0 radical (unpaired) electrons. The predicted octanol–water partition coefficient (Wildman–Crippen LogP) is 3.55. The van der Waals surface area contributed by atoms with Gasteiger partial charge in [0.25, 0.3) is 0 Å². The van der Waals surface area contributed by atoms with E-state index in [9.17, 15) is 0 Å². The minimum atomic E-state index is 0.801. The van der Waals surface area contributed by atoms with Crippen LogP contribution in [0, 0.1) is 17.8 Å². The van der Waals surface area contributed by atoms with E-state index in [1.165, 1.54) is 19.3 Å². The molecule has 0 spiro atoms. The van der Waals surface area contributed by atoms with Crippen molar-refractivity contribution in [3.63, 3.8) is 0 Å². The highest BCUT2D eigenvalue weighted by atomic mass is 14.4. The van der Waals surface area contributed by atoms with E-state index in [1.807, 2.05) is 0 Å². The van der Waals surface area contributed by atoms with Crippen LogP contribution in [-0.4, -0.2) is 0 Å². The van der Waals surface area contributed by atoms with Crippen LogP contribution >= 0.6 is 0 Å². The molecule has 12 heavy (non-hydrogen) atoms. The van der Waals surface area contributed by atoms with Crippen molar-refractivity contribution in [2.45, 2.75) is 33.1 Å². The SMILES string of the molecule is CCC1C(C)C=CC2=CCCC21. The standard InChI is InChI=1S/C12H18/c1-3-11-9(2)7-8-10-5-4-6-12(10)11/h5,7-9,11-12H,3-4,6H2,1-2H3. The van der Waals surface area contributed by atoms with Crippen LogP contribution < -0.4 is 0 Å². The highest BCUT2D eigenvalue weighted by molar-refractivity contribution is 5.30. The van der Waals surface area contributed by atoms with Crippen LogP contribution in [0.25, 0.3) is 0 Å². The predicted molar refractivity (Wildman–Crippen MR) is 52.9 cm³/mol. The highest BCUT2D eigenvalue weighted by Crippen LogP contribution is 2.42. The minimum absolute atomic E-state index is 0.801. The molecule has 0 N–H and O–H groups in total. The fourth-order valence-corrected chi connectivity index (χ4v) is 2.83. The van der Waals surface area contributed by atoms with Crippen LogP contribution in [-0.2, 0) is 0 Å². The molecule has 0 saturated heterocycles. The van der Waals surface area contributed by atoms with Crippen LogP contribution in [0.4, 0.5) is 0 Å². The molecule has 0 aromatic rings. The van der Waals surface area contributed by atoms with Gasteiger partial charge in [-0.3, -0.25) is 0 Å². The molecule has 0 fully saturated rings. The van der Waals surface area contributed by atoms with Gasteiger partial charge in [-0.15, -0.1) is 0 Å². The summed E-state index contributed by atoms with van der Waals surface area (Å²) in [6.45, 7) is 4.69. The van der Waals surface area contributed by atoms with E-state index in [-0.39, 0.29) is 0 Å². The van der Waals surface area contributed by atoms with Crippen molar-refractivity contribution in [3.05, 3.63) is 23.8 Å². The lowest BCUT2D eigenvalue weighted by Gasteiger charge is -2.31. The zero-order chi connectivity index (χ0) is 8.55. The fourth-order valence-electron chi connectivity index (χ4n) is 2.83. The fraction of sp³-hybridized carbons (Fsp3) is 0.667. The van der Waals surface area contributed by atoms with Gasteiger partial charge in [0.05, 0.1) is 0 Å². The molecule has 3 atom stereocenters. The zero-order valence-corrected chi connectivity index (χ0v) is 8.09. The third-order valence-electron chi connectivity index (χ3n) is 3.54. The van der Waals surface area contributed by atoms with E-state index >= 15 is 0 Å².